The van der Waals surface area contributed by atoms with E-state index in [1.165, 1.54) is 26.4 Å². The molecule has 0 spiro atoms. The van der Waals surface area contributed by atoms with Gasteiger partial charge in [-0.2, -0.15) is 15.2 Å². The number of rotatable bonds is 6. The summed E-state index contributed by atoms with van der Waals surface area (Å²) in [5, 5.41) is 11.7. The van der Waals surface area contributed by atoms with Gasteiger partial charge in [-0.05, 0) is 23.8 Å². The number of ether oxygens (including phenoxy) is 3. The number of nitrogens with one attached hydrogen (secondary N) is 1. The number of benzene rings is 1. The van der Waals surface area contributed by atoms with E-state index in [9.17, 15) is 10.1 Å². The fraction of sp³-hybridized carbons (Fsp3) is 0.176. The Morgan fingerprint density at radius 3 is 2.16 bits per heavy atom. The first-order valence-electron chi connectivity index (χ1n) is 7.14. The van der Waals surface area contributed by atoms with Crippen LogP contribution < -0.4 is 19.5 Å². The molecule has 128 valence electrons. The molecule has 25 heavy (non-hydrogen) atoms. The fourth-order valence-corrected chi connectivity index (χ4v) is 1.85. The Labute approximate surface area is 144 Å². The van der Waals surface area contributed by atoms with Crippen LogP contribution in [0.15, 0.2) is 35.9 Å². The summed E-state index contributed by atoms with van der Waals surface area (Å²) < 4.78 is 15.1. The molecule has 0 saturated carbocycles. The molecule has 0 aliphatic heterocycles. The molecule has 2 aromatic rings. The van der Waals surface area contributed by atoms with Crippen molar-refractivity contribution in [2.75, 3.05) is 26.6 Å². The smallest absolute Gasteiger partial charge is 0.268 e. The highest BCUT2D eigenvalue weighted by Gasteiger charge is 2.13. The molecule has 8 nitrogen and oxygen atoms in total. The van der Waals surface area contributed by atoms with Gasteiger partial charge in [0, 0.05) is 0 Å². The van der Waals surface area contributed by atoms with E-state index in [1.807, 2.05) is 6.07 Å². The summed E-state index contributed by atoms with van der Waals surface area (Å²) in [7, 11) is 4.41. The van der Waals surface area contributed by atoms with Gasteiger partial charge >= 0.3 is 0 Å². The van der Waals surface area contributed by atoms with Crippen molar-refractivity contribution >= 4 is 17.9 Å². The van der Waals surface area contributed by atoms with Gasteiger partial charge in [-0.25, -0.2) is 0 Å². The Morgan fingerprint density at radius 1 is 1.08 bits per heavy atom. The Morgan fingerprint density at radius 2 is 1.68 bits per heavy atom. The predicted molar refractivity (Wildman–Crippen MR) is 90.3 cm³/mol. The number of hydrogen-bond acceptors (Lipinski definition) is 7. The SMILES string of the molecule is COc1ccc(C=C(C#N)C(=O)Nc2nc(OC)cc(OC)n2)cc1. The molecule has 0 fully saturated rings. The molecule has 8 heteroatoms. The fourth-order valence-electron chi connectivity index (χ4n) is 1.85. The second kappa shape index (κ2) is 8.31. The van der Waals surface area contributed by atoms with Gasteiger partial charge in [0.25, 0.3) is 5.91 Å². The first-order chi connectivity index (χ1) is 12.1. The normalized spacial score (nSPS) is 10.6. The summed E-state index contributed by atoms with van der Waals surface area (Å²) in [6, 6.07) is 10.2. The minimum Gasteiger partial charge on any atom is -0.497 e. The number of hydrogen-bond donors (Lipinski definition) is 1. The minimum absolute atomic E-state index is 0.0305. The molecule has 1 aromatic carbocycles. The third-order valence-corrected chi connectivity index (χ3v) is 3.11. The van der Waals surface area contributed by atoms with E-state index in [2.05, 4.69) is 15.3 Å². The second-order valence-electron chi connectivity index (χ2n) is 4.67. The summed E-state index contributed by atoms with van der Waals surface area (Å²) in [6.07, 6.45) is 1.45. The Balaban J connectivity index is 2.22. The van der Waals surface area contributed by atoms with E-state index in [4.69, 9.17) is 14.2 Å². The highest BCUT2D eigenvalue weighted by Crippen LogP contribution is 2.18. The van der Waals surface area contributed by atoms with E-state index >= 15 is 0 Å². The largest absolute Gasteiger partial charge is 0.497 e. The van der Waals surface area contributed by atoms with Crippen LogP contribution in [0.3, 0.4) is 0 Å². The summed E-state index contributed by atoms with van der Waals surface area (Å²) in [6.45, 7) is 0. The van der Waals surface area contributed by atoms with E-state index in [-0.39, 0.29) is 23.3 Å². The van der Waals surface area contributed by atoms with E-state index < -0.39 is 5.91 Å². The molecule has 2 rings (SSSR count). The van der Waals surface area contributed by atoms with Crippen LogP contribution in [-0.2, 0) is 4.79 Å². The lowest BCUT2D eigenvalue weighted by molar-refractivity contribution is -0.112. The average Bonchev–Trinajstić information content (AvgIpc) is 2.65. The van der Waals surface area contributed by atoms with Crippen molar-refractivity contribution < 1.29 is 19.0 Å². The average molecular weight is 340 g/mol. The lowest BCUT2D eigenvalue weighted by atomic mass is 10.1. The minimum atomic E-state index is -0.645. The third kappa shape index (κ3) is 4.68. The van der Waals surface area contributed by atoms with Gasteiger partial charge in [-0.1, -0.05) is 12.1 Å². The van der Waals surface area contributed by atoms with E-state index in [0.29, 0.717) is 11.3 Å². The molecule has 0 aliphatic carbocycles. The van der Waals surface area contributed by atoms with Crippen LogP contribution in [0.2, 0.25) is 0 Å². The summed E-state index contributed by atoms with van der Waals surface area (Å²) >= 11 is 0. The van der Waals surface area contributed by atoms with E-state index in [0.717, 1.165) is 0 Å². The zero-order valence-corrected chi connectivity index (χ0v) is 13.9. The van der Waals surface area contributed by atoms with Gasteiger partial charge < -0.3 is 14.2 Å². The van der Waals surface area contributed by atoms with Crippen LogP contribution in [0.5, 0.6) is 17.5 Å². The van der Waals surface area contributed by atoms with Gasteiger partial charge in [0.05, 0.1) is 27.4 Å². The van der Waals surface area contributed by atoms with Crippen LogP contribution in [0.1, 0.15) is 5.56 Å². The number of carbonyl (C=O) groups excluding carboxylic acids is 1. The highest BCUT2D eigenvalue weighted by atomic mass is 16.5. The number of amides is 1. The van der Waals surface area contributed by atoms with Crippen LogP contribution in [0.25, 0.3) is 6.08 Å². The van der Waals surface area contributed by atoms with Gasteiger partial charge in [-0.15, -0.1) is 0 Å². The molecule has 1 heterocycles. The van der Waals surface area contributed by atoms with Crippen molar-refractivity contribution in [2.45, 2.75) is 0 Å². The standard InChI is InChI=1S/C17H16N4O4/c1-23-13-6-4-11(5-7-13)8-12(10-18)16(22)21-17-19-14(24-2)9-15(20-17)25-3/h4-9H,1-3H3,(H,19,20,21,22). The molecule has 1 amide bonds. The second-order valence-corrected chi connectivity index (χ2v) is 4.67. The first-order valence-corrected chi connectivity index (χ1v) is 7.14. The van der Waals surface area contributed by atoms with Gasteiger partial charge in [0.15, 0.2) is 0 Å². The number of aromatic nitrogens is 2. The highest BCUT2D eigenvalue weighted by molar-refractivity contribution is 6.09. The predicted octanol–water partition coefficient (Wildman–Crippen LogP) is 2.05. The Hall–Kier alpha value is -3.60. The van der Waals surface area contributed by atoms with Crippen LogP contribution in [-0.4, -0.2) is 37.2 Å². The van der Waals surface area contributed by atoms with Crippen LogP contribution in [0.4, 0.5) is 5.95 Å². The number of carbonyl (C=O) groups is 1. The summed E-state index contributed by atoms with van der Waals surface area (Å²) in [4.78, 5) is 20.3. The lowest BCUT2D eigenvalue weighted by Gasteiger charge is -2.07. The van der Waals surface area contributed by atoms with Gasteiger partial charge in [-0.3, -0.25) is 10.1 Å². The monoisotopic (exact) mass is 340 g/mol. The molecule has 0 radical (unpaired) electrons. The molecule has 1 N–H and O–H groups in total. The van der Waals surface area contributed by atoms with E-state index in [1.54, 1.807) is 31.4 Å². The first kappa shape index (κ1) is 17.7. The van der Waals surface area contributed by atoms with Crippen LogP contribution >= 0.6 is 0 Å². The number of nitrogens with zero attached hydrogens (tertiary/aromatic N) is 3. The maximum Gasteiger partial charge on any atom is 0.268 e. The molecule has 1 aromatic heterocycles. The van der Waals surface area contributed by atoms with Gasteiger partial charge in [0.1, 0.15) is 17.4 Å². The number of anilines is 1. The summed E-state index contributed by atoms with van der Waals surface area (Å²) in [5.41, 5.74) is 0.576. The zero-order chi connectivity index (χ0) is 18.2. The molecule has 0 aliphatic rings. The molecular weight excluding hydrogens is 324 g/mol. The Kier molecular flexibility index (Phi) is 5.90. The molecule has 0 unspecified atom stereocenters. The maximum atomic E-state index is 12.3. The topological polar surface area (TPSA) is 106 Å². The maximum absolute atomic E-state index is 12.3. The van der Waals surface area contributed by atoms with Crippen molar-refractivity contribution in [1.29, 1.82) is 5.26 Å². The van der Waals surface area contributed by atoms with Crippen molar-refractivity contribution in [2.24, 2.45) is 0 Å². The van der Waals surface area contributed by atoms with Crippen molar-refractivity contribution in [3.05, 3.63) is 41.5 Å². The quantitative estimate of drug-likeness (QED) is 0.633. The molecular formula is C17H16N4O4. The lowest BCUT2D eigenvalue weighted by Crippen LogP contribution is -2.16. The van der Waals surface area contributed by atoms with Crippen molar-refractivity contribution in [3.8, 4) is 23.6 Å². The van der Waals surface area contributed by atoms with Crippen molar-refractivity contribution in [3.63, 3.8) is 0 Å². The Bertz CT molecular complexity index is 803. The molecule has 0 bridgehead atoms. The zero-order valence-electron chi connectivity index (χ0n) is 13.9. The third-order valence-electron chi connectivity index (χ3n) is 3.11. The molecule has 0 saturated heterocycles. The van der Waals surface area contributed by atoms with Gasteiger partial charge in [0.2, 0.25) is 17.7 Å². The van der Waals surface area contributed by atoms with Crippen LogP contribution in [0, 0.1) is 11.3 Å². The number of nitriles is 1. The molecule has 0 atom stereocenters. The summed E-state index contributed by atoms with van der Waals surface area (Å²) in [5.74, 6) is 0.447. The van der Waals surface area contributed by atoms with Crippen molar-refractivity contribution in [1.82, 2.24) is 9.97 Å². The number of methoxy groups -OCH3 is 3.